The Morgan fingerprint density at radius 2 is 1.52 bits per heavy atom. The van der Waals surface area contributed by atoms with E-state index < -0.39 is 0 Å². The van der Waals surface area contributed by atoms with Crippen LogP contribution in [0.3, 0.4) is 0 Å². The van der Waals surface area contributed by atoms with Crippen molar-refractivity contribution in [1.82, 2.24) is 5.32 Å². The first-order valence-electron chi connectivity index (χ1n) is 8.38. The van der Waals surface area contributed by atoms with Crippen LogP contribution >= 0.6 is 12.4 Å². The van der Waals surface area contributed by atoms with Crippen LogP contribution in [0.4, 0.5) is 0 Å². The molecule has 1 unspecified atom stereocenters. The minimum absolute atomic E-state index is 0. The van der Waals surface area contributed by atoms with E-state index in [1.54, 1.807) is 0 Å². The van der Waals surface area contributed by atoms with Gasteiger partial charge in [-0.05, 0) is 36.9 Å². The minimum atomic E-state index is 0. The Bertz CT molecular complexity index is 501. The molecule has 2 aromatic carbocycles. The third-order valence-corrected chi connectivity index (χ3v) is 4.37. The highest BCUT2D eigenvalue weighted by Crippen LogP contribution is 2.26. The van der Waals surface area contributed by atoms with E-state index >= 15 is 0 Å². The molecule has 124 valence electrons. The van der Waals surface area contributed by atoms with Gasteiger partial charge in [0.05, 0.1) is 0 Å². The van der Waals surface area contributed by atoms with Crippen molar-refractivity contribution in [2.24, 2.45) is 0 Å². The van der Waals surface area contributed by atoms with Crippen LogP contribution in [0.25, 0.3) is 0 Å². The van der Waals surface area contributed by atoms with Crippen LogP contribution in [-0.2, 0) is 4.74 Å². The standard InChI is InChI=1S/C20H25NO.ClH/c1-3-9-17(10-4-1)20(18-11-5-2-6-12-18)22-16-14-19-13-7-8-15-21-19;/h1-6,9-12,19-21H,7-8,13-16H2;1H. The first-order valence-corrected chi connectivity index (χ1v) is 8.38. The molecule has 0 aliphatic carbocycles. The summed E-state index contributed by atoms with van der Waals surface area (Å²) < 4.78 is 6.28. The fourth-order valence-electron chi connectivity index (χ4n) is 3.14. The number of rotatable bonds is 6. The molecule has 1 aliphatic heterocycles. The molecule has 2 nitrogen and oxygen atoms in total. The van der Waals surface area contributed by atoms with Crippen LogP contribution in [0.5, 0.6) is 0 Å². The Balaban J connectivity index is 0.00000192. The van der Waals surface area contributed by atoms with Crippen LogP contribution in [0.15, 0.2) is 60.7 Å². The molecule has 1 atom stereocenters. The third-order valence-electron chi connectivity index (χ3n) is 4.37. The van der Waals surface area contributed by atoms with Crippen molar-refractivity contribution in [3.63, 3.8) is 0 Å². The smallest absolute Gasteiger partial charge is 0.108 e. The molecule has 0 amide bonds. The van der Waals surface area contributed by atoms with Gasteiger partial charge in [0, 0.05) is 12.6 Å². The van der Waals surface area contributed by atoms with Gasteiger partial charge in [0.25, 0.3) is 0 Å². The van der Waals surface area contributed by atoms with Gasteiger partial charge in [0.2, 0.25) is 0 Å². The lowest BCUT2D eigenvalue weighted by Crippen LogP contribution is -2.34. The summed E-state index contributed by atoms with van der Waals surface area (Å²) in [4.78, 5) is 0. The van der Waals surface area contributed by atoms with E-state index in [4.69, 9.17) is 4.74 Å². The molecule has 1 N–H and O–H groups in total. The summed E-state index contributed by atoms with van der Waals surface area (Å²) >= 11 is 0. The Hall–Kier alpha value is -1.35. The monoisotopic (exact) mass is 331 g/mol. The number of hydrogen-bond acceptors (Lipinski definition) is 2. The van der Waals surface area contributed by atoms with Gasteiger partial charge in [0.1, 0.15) is 6.10 Å². The normalized spacial score (nSPS) is 17.7. The Morgan fingerprint density at radius 1 is 0.913 bits per heavy atom. The number of benzene rings is 2. The van der Waals surface area contributed by atoms with Crippen molar-refractivity contribution in [3.8, 4) is 0 Å². The lowest BCUT2D eigenvalue weighted by molar-refractivity contribution is 0.0707. The van der Waals surface area contributed by atoms with Crippen molar-refractivity contribution in [2.75, 3.05) is 13.2 Å². The zero-order valence-electron chi connectivity index (χ0n) is 13.5. The fraction of sp³-hybridized carbons (Fsp3) is 0.400. The molecule has 2 aromatic rings. The largest absolute Gasteiger partial charge is 0.369 e. The molecule has 0 aromatic heterocycles. The van der Waals surface area contributed by atoms with Crippen molar-refractivity contribution in [1.29, 1.82) is 0 Å². The van der Waals surface area contributed by atoms with E-state index in [9.17, 15) is 0 Å². The molecule has 0 spiro atoms. The Morgan fingerprint density at radius 3 is 2.04 bits per heavy atom. The lowest BCUT2D eigenvalue weighted by atomic mass is 10.0. The molecule has 1 heterocycles. The third kappa shape index (κ3) is 5.35. The van der Waals surface area contributed by atoms with Crippen molar-refractivity contribution >= 4 is 12.4 Å². The van der Waals surface area contributed by atoms with Gasteiger partial charge in [-0.25, -0.2) is 0 Å². The maximum Gasteiger partial charge on any atom is 0.108 e. The average Bonchev–Trinajstić information content (AvgIpc) is 2.61. The summed E-state index contributed by atoms with van der Waals surface area (Å²) in [6, 6.07) is 21.7. The molecule has 0 saturated carbocycles. The summed E-state index contributed by atoms with van der Waals surface area (Å²) in [5, 5.41) is 3.59. The Kier molecular flexibility index (Phi) is 7.60. The van der Waals surface area contributed by atoms with Crippen molar-refractivity contribution in [2.45, 2.75) is 37.8 Å². The van der Waals surface area contributed by atoms with E-state index in [0.717, 1.165) is 19.6 Å². The molecule has 3 rings (SSSR count). The van der Waals surface area contributed by atoms with Gasteiger partial charge in [-0.3, -0.25) is 0 Å². The molecule has 1 saturated heterocycles. The van der Waals surface area contributed by atoms with Gasteiger partial charge in [-0.2, -0.15) is 0 Å². The van der Waals surface area contributed by atoms with E-state index in [1.165, 1.54) is 30.4 Å². The molecule has 3 heteroatoms. The lowest BCUT2D eigenvalue weighted by Gasteiger charge is -2.25. The quantitative estimate of drug-likeness (QED) is 0.825. The summed E-state index contributed by atoms with van der Waals surface area (Å²) in [7, 11) is 0. The number of halogens is 1. The first-order chi connectivity index (χ1) is 10.9. The van der Waals surface area contributed by atoms with Gasteiger partial charge in [-0.1, -0.05) is 67.1 Å². The number of piperidine rings is 1. The maximum atomic E-state index is 6.28. The van der Waals surface area contributed by atoms with Crippen LogP contribution in [-0.4, -0.2) is 19.2 Å². The highest BCUT2D eigenvalue weighted by molar-refractivity contribution is 5.85. The molecular formula is C20H26ClNO. The number of nitrogens with one attached hydrogen (secondary N) is 1. The van der Waals surface area contributed by atoms with E-state index in [1.807, 2.05) is 0 Å². The van der Waals surface area contributed by atoms with E-state index in [0.29, 0.717) is 6.04 Å². The second kappa shape index (κ2) is 9.71. The SMILES string of the molecule is Cl.c1ccc(C(OCCC2CCCCN2)c2ccccc2)cc1. The average molecular weight is 332 g/mol. The molecule has 1 aliphatic rings. The number of hydrogen-bond donors (Lipinski definition) is 1. The maximum absolute atomic E-state index is 6.28. The van der Waals surface area contributed by atoms with E-state index in [2.05, 4.69) is 66.0 Å². The van der Waals surface area contributed by atoms with Gasteiger partial charge >= 0.3 is 0 Å². The minimum Gasteiger partial charge on any atom is -0.369 e. The van der Waals surface area contributed by atoms with Gasteiger partial charge in [0.15, 0.2) is 0 Å². The van der Waals surface area contributed by atoms with Crippen molar-refractivity contribution < 1.29 is 4.74 Å². The highest BCUT2D eigenvalue weighted by Gasteiger charge is 2.16. The Labute approximate surface area is 145 Å². The summed E-state index contributed by atoms with van der Waals surface area (Å²) in [5.41, 5.74) is 2.45. The molecule has 0 bridgehead atoms. The predicted molar refractivity (Wildman–Crippen MR) is 98.2 cm³/mol. The topological polar surface area (TPSA) is 21.3 Å². The van der Waals surface area contributed by atoms with Crippen LogP contribution < -0.4 is 5.32 Å². The summed E-state index contributed by atoms with van der Waals surface area (Å²) in [5.74, 6) is 0. The fourth-order valence-corrected chi connectivity index (χ4v) is 3.14. The first kappa shape index (κ1) is 18.0. The molecular weight excluding hydrogens is 306 g/mol. The zero-order chi connectivity index (χ0) is 15.0. The van der Waals surface area contributed by atoms with Gasteiger partial charge < -0.3 is 10.1 Å². The summed E-state index contributed by atoms with van der Waals surface area (Å²) in [6.07, 6.45) is 5.07. The molecule has 0 radical (unpaired) electrons. The summed E-state index contributed by atoms with van der Waals surface area (Å²) in [6.45, 7) is 1.96. The zero-order valence-corrected chi connectivity index (χ0v) is 14.3. The molecule has 1 fully saturated rings. The van der Waals surface area contributed by atoms with Crippen LogP contribution in [0.2, 0.25) is 0 Å². The number of ether oxygens (including phenoxy) is 1. The van der Waals surface area contributed by atoms with Crippen molar-refractivity contribution in [3.05, 3.63) is 71.8 Å². The van der Waals surface area contributed by atoms with Crippen LogP contribution in [0.1, 0.15) is 42.9 Å². The predicted octanol–water partition coefficient (Wildman–Crippen LogP) is 4.75. The molecule has 23 heavy (non-hydrogen) atoms. The second-order valence-corrected chi connectivity index (χ2v) is 6.01. The highest BCUT2D eigenvalue weighted by atomic mass is 35.5. The van der Waals surface area contributed by atoms with Gasteiger partial charge in [-0.15, -0.1) is 12.4 Å². The van der Waals surface area contributed by atoms with Crippen LogP contribution in [0, 0.1) is 0 Å². The van der Waals surface area contributed by atoms with E-state index in [-0.39, 0.29) is 18.5 Å². The second-order valence-electron chi connectivity index (χ2n) is 6.01.